The van der Waals surface area contributed by atoms with Crippen LogP contribution in [0.1, 0.15) is 26.2 Å². The van der Waals surface area contributed by atoms with Crippen molar-refractivity contribution in [2.45, 2.75) is 37.1 Å². The summed E-state index contributed by atoms with van der Waals surface area (Å²) in [5, 5.41) is 2.81. The van der Waals surface area contributed by atoms with Crippen LogP contribution in [0.5, 0.6) is 0 Å². The number of carbonyl (C=O) groups is 2. The monoisotopic (exact) mass is 233 g/mol. The maximum atomic E-state index is 11.1. The number of hydrogen-bond donors (Lipinski definition) is 1. The molecule has 0 aromatic carbocycles. The zero-order valence-electron chi connectivity index (χ0n) is 6.97. The summed E-state index contributed by atoms with van der Waals surface area (Å²) in [4.78, 5) is 21.7. The van der Waals surface area contributed by atoms with E-state index in [2.05, 4.69) is 21.2 Å². The average molecular weight is 234 g/mol. The summed E-state index contributed by atoms with van der Waals surface area (Å²) >= 11 is 3.28. The third-order valence-electron chi connectivity index (χ3n) is 1.99. The van der Waals surface area contributed by atoms with Crippen LogP contribution < -0.4 is 5.32 Å². The predicted molar refractivity (Wildman–Crippen MR) is 49.2 cm³/mol. The Morgan fingerprint density at radius 1 is 1.67 bits per heavy atom. The highest BCUT2D eigenvalue weighted by Crippen LogP contribution is 2.21. The van der Waals surface area contributed by atoms with Gasteiger partial charge in [0.15, 0.2) is 0 Å². The summed E-state index contributed by atoms with van der Waals surface area (Å²) in [5.74, 6) is 0.227. The van der Waals surface area contributed by atoms with E-state index in [9.17, 15) is 9.59 Å². The molecular weight excluding hydrogens is 222 g/mol. The fourth-order valence-electron chi connectivity index (χ4n) is 1.39. The number of rotatable bonds is 1. The van der Waals surface area contributed by atoms with Crippen LogP contribution in [0.25, 0.3) is 0 Å². The maximum absolute atomic E-state index is 11.1. The van der Waals surface area contributed by atoms with Crippen LogP contribution in [-0.2, 0) is 9.59 Å². The molecule has 1 fully saturated rings. The van der Waals surface area contributed by atoms with Gasteiger partial charge in [0.05, 0.1) is 4.83 Å². The Bertz CT molecular complexity index is 205. The largest absolute Gasteiger partial charge is 0.354 e. The lowest BCUT2D eigenvalue weighted by atomic mass is 9.94. The fourth-order valence-corrected chi connectivity index (χ4v) is 2.07. The average Bonchev–Trinajstić information content (AvgIpc) is 1.96. The molecule has 4 heteroatoms. The molecule has 1 aliphatic rings. The van der Waals surface area contributed by atoms with Crippen molar-refractivity contribution in [1.82, 2.24) is 5.32 Å². The van der Waals surface area contributed by atoms with Crippen molar-refractivity contribution in [2.75, 3.05) is 0 Å². The number of carbonyl (C=O) groups excluding carboxylic acids is 2. The Labute approximate surface area is 80.0 Å². The van der Waals surface area contributed by atoms with Gasteiger partial charge < -0.3 is 5.32 Å². The second kappa shape index (κ2) is 4.03. The summed E-state index contributed by atoms with van der Waals surface area (Å²) in [6.07, 6.45) is 2.07. The molecule has 1 amide bonds. The first-order valence-corrected chi connectivity index (χ1v) is 4.95. The number of alkyl halides is 1. The van der Waals surface area contributed by atoms with Crippen molar-refractivity contribution in [3.05, 3.63) is 0 Å². The Morgan fingerprint density at radius 3 is 2.83 bits per heavy atom. The number of ketones is 1. The topological polar surface area (TPSA) is 46.2 Å². The first-order valence-electron chi connectivity index (χ1n) is 4.03. The Kier molecular flexibility index (Phi) is 3.26. The van der Waals surface area contributed by atoms with Gasteiger partial charge in [0.25, 0.3) is 0 Å². The Balaban J connectivity index is 2.40. The molecule has 12 heavy (non-hydrogen) atoms. The molecule has 1 saturated carbocycles. The van der Waals surface area contributed by atoms with Crippen LogP contribution in [0.2, 0.25) is 0 Å². The maximum Gasteiger partial charge on any atom is 0.217 e. The van der Waals surface area contributed by atoms with Gasteiger partial charge in [-0.3, -0.25) is 9.59 Å². The lowest BCUT2D eigenvalue weighted by Crippen LogP contribution is -2.40. The van der Waals surface area contributed by atoms with Gasteiger partial charge in [0, 0.05) is 19.4 Å². The summed E-state index contributed by atoms with van der Waals surface area (Å²) in [5.41, 5.74) is 0. The molecule has 1 rings (SSSR count). The second-order valence-electron chi connectivity index (χ2n) is 3.11. The SMILES string of the molecule is CC(=O)N[C@H]1CCC(=O)[C@@H](Br)C1. The fraction of sp³-hybridized carbons (Fsp3) is 0.750. The van der Waals surface area contributed by atoms with Gasteiger partial charge in [0.1, 0.15) is 5.78 Å². The molecule has 3 nitrogen and oxygen atoms in total. The van der Waals surface area contributed by atoms with E-state index in [1.54, 1.807) is 0 Å². The molecule has 0 heterocycles. The van der Waals surface area contributed by atoms with Crippen molar-refractivity contribution in [2.24, 2.45) is 0 Å². The standard InChI is InChI=1S/C8H12BrNO2/c1-5(11)10-6-2-3-8(12)7(9)4-6/h6-7H,2-4H2,1H3,(H,10,11)/t6-,7-/m0/s1. The summed E-state index contributed by atoms with van der Waals surface area (Å²) in [6.45, 7) is 1.50. The number of nitrogens with one attached hydrogen (secondary N) is 1. The highest BCUT2D eigenvalue weighted by Gasteiger charge is 2.26. The van der Waals surface area contributed by atoms with Gasteiger partial charge in [-0.1, -0.05) is 15.9 Å². The predicted octanol–water partition coefficient (Wildman–Crippen LogP) is 1.01. The van der Waals surface area contributed by atoms with E-state index in [1.165, 1.54) is 6.92 Å². The van der Waals surface area contributed by atoms with E-state index in [-0.39, 0.29) is 22.6 Å². The minimum Gasteiger partial charge on any atom is -0.354 e. The molecule has 0 aromatic rings. The van der Waals surface area contributed by atoms with Crippen LogP contribution in [0.3, 0.4) is 0 Å². The van der Waals surface area contributed by atoms with Gasteiger partial charge in [-0.2, -0.15) is 0 Å². The zero-order valence-corrected chi connectivity index (χ0v) is 8.56. The van der Waals surface area contributed by atoms with Crippen LogP contribution in [0.4, 0.5) is 0 Å². The van der Waals surface area contributed by atoms with Crippen LogP contribution in [0, 0.1) is 0 Å². The highest BCUT2D eigenvalue weighted by molar-refractivity contribution is 9.10. The van der Waals surface area contributed by atoms with Crippen LogP contribution in [-0.4, -0.2) is 22.6 Å². The number of hydrogen-bond acceptors (Lipinski definition) is 2. The van der Waals surface area contributed by atoms with Crippen molar-refractivity contribution < 1.29 is 9.59 Å². The summed E-state index contributed by atoms with van der Waals surface area (Å²) < 4.78 is 0. The molecule has 0 saturated heterocycles. The summed E-state index contributed by atoms with van der Waals surface area (Å²) in [6, 6.07) is 0.171. The molecule has 2 atom stereocenters. The minimum atomic E-state index is -0.0666. The third-order valence-corrected chi connectivity index (χ3v) is 2.87. The quantitative estimate of drug-likeness (QED) is 0.688. The molecule has 0 radical (unpaired) electrons. The lowest BCUT2D eigenvalue weighted by molar-refractivity contribution is -0.123. The van der Waals surface area contributed by atoms with E-state index >= 15 is 0 Å². The molecule has 0 aromatic heterocycles. The number of amides is 1. The van der Waals surface area contributed by atoms with Gasteiger partial charge in [-0.05, 0) is 12.8 Å². The first-order chi connectivity index (χ1) is 5.59. The zero-order chi connectivity index (χ0) is 9.14. The number of halogens is 1. The molecule has 68 valence electrons. The lowest BCUT2D eigenvalue weighted by Gasteiger charge is -2.24. The van der Waals surface area contributed by atoms with Gasteiger partial charge >= 0.3 is 0 Å². The summed E-state index contributed by atoms with van der Waals surface area (Å²) in [7, 11) is 0. The number of Topliss-reactive ketones (excluding diaryl/α,β-unsaturated/α-hetero) is 1. The smallest absolute Gasteiger partial charge is 0.217 e. The van der Waals surface area contributed by atoms with Gasteiger partial charge in [-0.25, -0.2) is 0 Å². The van der Waals surface area contributed by atoms with Crippen LogP contribution >= 0.6 is 15.9 Å². The highest BCUT2D eigenvalue weighted by atomic mass is 79.9. The Hall–Kier alpha value is -0.380. The Morgan fingerprint density at radius 2 is 2.33 bits per heavy atom. The molecule has 0 aliphatic heterocycles. The van der Waals surface area contributed by atoms with E-state index in [4.69, 9.17) is 0 Å². The van der Waals surface area contributed by atoms with E-state index in [1.807, 2.05) is 0 Å². The van der Waals surface area contributed by atoms with Gasteiger partial charge in [0.2, 0.25) is 5.91 Å². The molecule has 1 aliphatic carbocycles. The molecule has 0 spiro atoms. The van der Waals surface area contributed by atoms with E-state index in [0.29, 0.717) is 6.42 Å². The van der Waals surface area contributed by atoms with Crippen molar-refractivity contribution >= 4 is 27.6 Å². The van der Waals surface area contributed by atoms with E-state index < -0.39 is 0 Å². The van der Waals surface area contributed by atoms with E-state index in [0.717, 1.165) is 12.8 Å². The van der Waals surface area contributed by atoms with Crippen molar-refractivity contribution in [3.63, 3.8) is 0 Å². The normalized spacial score (nSPS) is 30.0. The first kappa shape index (κ1) is 9.71. The molecular formula is C8H12BrNO2. The molecule has 0 unspecified atom stereocenters. The van der Waals surface area contributed by atoms with Crippen molar-refractivity contribution in [3.8, 4) is 0 Å². The van der Waals surface area contributed by atoms with Crippen molar-refractivity contribution in [1.29, 1.82) is 0 Å². The van der Waals surface area contributed by atoms with Gasteiger partial charge in [-0.15, -0.1) is 0 Å². The second-order valence-corrected chi connectivity index (χ2v) is 4.21. The molecule has 1 N–H and O–H groups in total. The minimum absolute atomic E-state index is 0.0194. The molecule has 0 bridgehead atoms. The van der Waals surface area contributed by atoms with Crippen LogP contribution in [0.15, 0.2) is 0 Å². The third kappa shape index (κ3) is 2.59.